The van der Waals surface area contributed by atoms with Crippen molar-refractivity contribution in [3.63, 3.8) is 0 Å². The second kappa shape index (κ2) is 6.55. The van der Waals surface area contributed by atoms with E-state index in [1.807, 2.05) is 0 Å². The van der Waals surface area contributed by atoms with Crippen molar-refractivity contribution >= 4 is 11.8 Å². The molecule has 2 amide bonds. The lowest BCUT2D eigenvalue weighted by molar-refractivity contribution is -0.140. The number of unbranched alkanes of at least 4 members (excludes halogenated alkanes) is 3. The molecule has 1 aliphatic heterocycles. The maximum absolute atomic E-state index is 12.6. The standard InChI is InChI=1S/C19H29NO2/c1-3-4-5-6-7-13(2)10-11-20-18(21)16-14-8-9-15(12-14)17(16)19(20)22/h8-9,13-17H,3-7,10-12H2,1-2H3. The molecule has 3 aliphatic rings. The first-order valence-electron chi connectivity index (χ1n) is 9.17. The Bertz CT molecular complexity index is 440. The zero-order valence-electron chi connectivity index (χ0n) is 14.0. The van der Waals surface area contributed by atoms with Crippen LogP contribution in [0.25, 0.3) is 0 Å². The summed E-state index contributed by atoms with van der Waals surface area (Å²) in [6, 6.07) is 0. The van der Waals surface area contributed by atoms with E-state index in [1.165, 1.54) is 32.1 Å². The maximum Gasteiger partial charge on any atom is 0.233 e. The monoisotopic (exact) mass is 303 g/mol. The van der Waals surface area contributed by atoms with Gasteiger partial charge in [-0.15, -0.1) is 0 Å². The third-order valence-corrected chi connectivity index (χ3v) is 5.96. The lowest BCUT2D eigenvalue weighted by atomic mass is 9.85. The average Bonchev–Trinajstić information content (AvgIpc) is 3.17. The molecule has 2 aliphatic carbocycles. The van der Waals surface area contributed by atoms with E-state index in [9.17, 15) is 9.59 Å². The number of rotatable bonds is 8. The fourth-order valence-electron chi connectivity index (χ4n) is 4.60. The smallest absolute Gasteiger partial charge is 0.233 e. The minimum atomic E-state index is -0.0256. The predicted octanol–water partition coefficient (Wildman–Crippen LogP) is 3.79. The molecule has 3 rings (SSSR count). The molecule has 3 nitrogen and oxygen atoms in total. The predicted molar refractivity (Wildman–Crippen MR) is 87.0 cm³/mol. The van der Waals surface area contributed by atoms with Crippen molar-refractivity contribution in [1.82, 2.24) is 4.90 Å². The van der Waals surface area contributed by atoms with Crippen LogP contribution in [0, 0.1) is 29.6 Å². The number of fused-ring (bicyclic) bond motifs is 5. The summed E-state index contributed by atoms with van der Waals surface area (Å²) in [4.78, 5) is 26.7. The molecule has 22 heavy (non-hydrogen) atoms. The van der Waals surface area contributed by atoms with Gasteiger partial charge in [0.05, 0.1) is 11.8 Å². The lowest BCUT2D eigenvalue weighted by Gasteiger charge is -2.19. The van der Waals surface area contributed by atoms with E-state index in [1.54, 1.807) is 4.90 Å². The summed E-state index contributed by atoms with van der Waals surface area (Å²) in [5.41, 5.74) is 0. The van der Waals surface area contributed by atoms with Crippen LogP contribution in [0.15, 0.2) is 12.2 Å². The first-order valence-corrected chi connectivity index (χ1v) is 9.17. The molecule has 0 aromatic carbocycles. The Morgan fingerprint density at radius 1 is 1.05 bits per heavy atom. The molecule has 2 bridgehead atoms. The van der Waals surface area contributed by atoms with Crippen LogP contribution in [0.1, 0.15) is 58.8 Å². The molecule has 1 saturated heterocycles. The summed E-state index contributed by atoms with van der Waals surface area (Å²) in [5.74, 6) is 1.46. The van der Waals surface area contributed by atoms with Gasteiger partial charge in [-0.1, -0.05) is 58.1 Å². The van der Waals surface area contributed by atoms with Crippen LogP contribution >= 0.6 is 0 Å². The quantitative estimate of drug-likeness (QED) is 0.389. The Balaban J connectivity index is 1.48. The van der Waals surface area contributed by atoms with E-state index in [-0.39, 0.29) is 23.7 Å². The first-order chi connectivity index (χ1) is 10.6. The Labute approximate surface area is 134 Å². The molecule has 3 heteroatoms. The van der Waals surface area contributed by atoms with Gasteiger partial charge < -0.3 is 0 Å². The minimum absolute atomic E-state index is 0.0256. The summed E-state index contributed by atoms with van der Waals surface area (Å²) in [6.45, 7) is 5.12. The van der Waals surface area contributed by atoms with Crippen LogP contribution in [0.2, 0.25) is 0 Å². The molecular weight excluding hydrogens is 274 g/mol. The fourth-order valence-corrected chi connectivity index (χ4v) is 4.60. The van der Waals surface area contributed by atoms with E-state index in [4.69, 9.17) is 0 Å². The van der Waals surface area contributed by atoms with Crippen molar-refractivity contribution in [1.29, 1.82) is 0 Å². The molecule has 122 valence electrons. The SMILES string of the molecule is CCCCCCC(C)CCN1C(=O)C2C3C=CC(C3)C2C1=O. The van der Waals surface area contributed by atoms with Crippen molar-refractivity contribution in [3.8, 4) is 0 Å². The third kappa shape index (κ3) is 2.75. The highest BCUT2D eigenvalue weighted by atomic mass is 16.2. The molecule has 5 atom stereocenters. The number of hydrogen-bond acceptors (Lipinski definition) is 2. The molecule has 0 radical (unpaired) electrons. The highest BCUT2D eigenvalue weighted by Gasteiger charge is 2.58. The fraction of sp³-hybridized carbons (Fsp3) is 0.789. The molecule has 0 spiro atoms. The molecule has 0 aromatic heterocycles. The summed E-state index contributed by atoms with van der Waals surface area (Å²) >= 11 is 0. The zero-order valence-corrected chi connectivity index (χ0v) is 14.0. The number of allylic oxidation sites excluding steroid dienone is 2. The molecule has 0 aromatic rings. The van der Waals surface area contributed by atoms with Crippen LogP contribution in [0.4, 0.5) is 0 Å². The average molecular weight is 303 g/mol. The van der Waals surface area contributed by atoms with Crippen LogP contribution in [0.3, 0.4) is 0 Å². The van der Waals surface area contributed by atoms with Gasteiger partial charge >= 0.3 is 0 Å². The van der Waals surface area contributed by atoms with Gasteiger partial charge in [-0.05, 0) is 30.6 Å². The second-order valence-corrected chi connectivity index (χ2v) is 7.57. The molecule has 1 saturated carbocycles. The Morgan fingerprint density at radius 3 is 2.27 bits per heavy atom. The van der Waals surface area contributed by atoms with E-state index < -0.39 is 0 Å². The van der Waals surface area contributed by atoms with Gasteiger partial charge in [-0.2, -0.15) is 0 Å². The van der Waals surface area contributed by atoms with Crippen molar-refractivity contribution in [2.24, 2.45) is 29.6 Å². The van der Waals surface area contributed by atoms with Crippen molar-refractivity contribution in [2.45, 2.75) is 58.8 Å². The second-order valence-electron chi connectivity index (χ2n) is 7.57. The Hall–Kier alpha value is -1.12. The summed E-state index contributed by atoms with van der Waals surface area (Å²) in [7, 11) is 0. The topological polar surface area (TPSA) is 37.4 Å². The van der Waals surface area contributed by atoms with Crippen LogP contribution in [-0.2, 0) is 9.59 Å². The first kappa shape index (κ1) is 15.8. The van der Waals surface area contributed by atoms with Crippen LogP contribution in [0.5, 0.6) is 0 Å². The molecule has 5 unspecified atom stereocenters. The molecule has 2 fully saturated rings. The van der Waals surface area contributed by atoms with Crippen molar-refractivity contribution in [2.75, 3.05) is 6.54 Å². The Kier molecular flexibility index (Phi) is 4.70. The lowest BCUT2D eigenvalue weighted by Crippen LogP contribution is -2.34. The van der Waals surface area contributed by atoms with E-state index in [0.717, 1.165) is 12.8 Å². The van der Waals surface area contributed by atoms with Gasteiger partial charge in [-0.25, -0.2) is 0 Å². The largest absolute Gasteiger partial charge is 0.282 e. The highest BCUT2D eigenvalue weighted by molar-refractivity contribution is 6.06. The third-order valence-electron chi connectivity index (χ3n) is 5.96. The summed E-state index contributed by atoms with van der Waals surface area (Å²) in [5, 5.41) is 0. The highest BCUT2D eigenvalue weighted by Crippen LogP contribution is 2.52. The summed E-state index contributed by atoms with van der Waals surface area (Å²) < 4.78 is 0. The number of likely N-dealkylation sites (tertiary alicyclic amines) is 1. The number of hydrogen-bond donors (Lipinski definition) is 0. The minimum Gasteiger partial charge on any atom is -0.282 e. The number of imide groups is 1. The normalized spacial score (nSPS) is 33.8. The number of nitrogens with zero attached hydrogens (tertiary/aromatic N) is 1. The maximum atomic E-state index is 12.6. The van der Waals surface area contributed by atoms with Gasteiger partial charge in [0.25, 0.3) is 0 Å². The van der Waals surface area contributed by atoms with Gasteiger partial charge in [0.1, 0.15) is 0 Å². The van der Waals surface area contributed by atoms with Crippen molar-refractivity contribution < 1.29 is 9.59 Å². The van der Waals surface area contributed by atoms with Crippen LogP contribution < -0.4 is 0 Å². The van der Waals surface area contributed by atoms with E-state index >= 15 is 0 Å². The van der Waals surface area contributed by atoms with Gasteiger partial charge in [-0.3, -0.25) is 14.5 Å². The molecule has 1 heterocycles. The van der Waals surface area contributed by atoms with Gasteiger partial charge in [0, 0.05) is 6.54 Å². The van der Waals surface area contributed by atoms with Crippen molar-refractivity contribution in [3.05, 3.63) is 12.2 Å². The molecular formula is C19H29NO2. The van der Waals surface area contributed by atoms with E-state index in [0.29, 0.717) is 24.3 Å². The summed E-state index contributed by atoms with van der Waals surface area (Å²) in [6.07, 6.45) is 12.7. The van der Waals surface area contributed by atoms with E-state index in [2.05, 4.69) is 26.0 Å². The number of carbonyl (C=O) groups is 2. The van der Waals surface area contributed by atoms with Gasteiger partial charge in [0.2, 0.25) is 11.8 Å². The Morgan fingerprint density at radius 2 is 1.68 bits per heavy atom. The number of amides is 2. The van der Waals surface area contributed by atoms with Crippen LogP contribution in [-0.4, -0.2) is 23.3 Å². The zero-order chi connectivity index (χ0) is 15.7. The molecule has 0 N–H and O–H groups in total. The number of carbonyl (C=O) groups excluding carboxylic acids is 2. The van der Waals surface area contributed by atoms with Gasteiger partial charge in [0.15, 0.2) is 0 Å².